The first-order chi connectivity index (χ1) is 49.0. The van der Waals surface area contributed by atoms with Crippen LogP contribution in [0.4, 0.5) is 0 Å². The molecule has 4 rings (SSSR count). The number of aromatic nitrogens is 1. The number of aromatic amines is 1. The highest BCUT2D eigenvalue weighted by atomic mass is 16.4. The summed E-state index contributed by atoms with van der Waals surface area (Å²) in [6.45, 7) is 17.1. The summed E-state index contributed by atoms with van der Waals surface area (Å²) < 4.78 is 0. The fraction of sp³-hybridized carbons (Fsp3) is 0.611. The van der Waals surface area contributed by atoms with Crippen LogP contribution >= 0.6 is 0 Å². The summed E-state index contributed by atoms with van der Waals surface area (Å²) in [7, 11) is 0. The molecule has 0 radical (unpaired) electrons. The number of nitrogens with two attached hydrogens (primary N) is 6. The van der Waals surface area contributed by atoms with Gasteiger partial charge < -0.3 is 97.7 Å². The summed E-state index contributed by atoms with van der Waals surface area (Å²) in [5.74, 6) is -12.2. The highest BCUT2D eigenvalue weighted by Gasteiger charge is 2.42. The Hall–Kier alpha value is -9.88. The third-order valence-electron chi connectivity index (χ3n) is 18.3. The maximum atomic E-state index is 14.7. The number of amides is 11. The standard InChI is InChI=1S/C72H115N19O13/c1-11-43(10)59(66(100)82-38-57(93)83-51(32-39(2)3)61(95)86-52(33-40(4)5)62(96)85-50(68(102)103)25-19-31-80-71(76)77)91-60(94)49(24-17-18-30-79-70(74)75)84-67(101)58(42(8)9)90-65(99)53(34-41(6)7)87-64(98)55(36-56(73)92)88-63(97)54(35-46-37-81-48-23-16-15-22-47(46)48)89-69(104)72(78)28-26-45(27-29-72)44-20-13-12-14-21-44/h12-16,20-23,37,39-43,45,49-55,58-59,81H,11,17-19,24-36,38,78H2,1-10H3,(H2,73,92)(H,82,100)(H,83,93)(H,84,101)(H,85,96)(H,86,95)(H,87,98)(H,88,97)(H,89,104)(H,90,99)(H,91,94)(H,102,103)(H4,74,75,79)(H4,76,77,80)/t43-,45?,49-,50-,51-,52-,53-,54-,55-,58-,59-,72?/m0/s1. The summed E-state index contributed by atoms with van der Waals surface area (Å²) in [6.07, 6.45) is 4.13. The van der Waals surface area contributed by atoms with Crippen molar-refractivity contribution < 1.29 is 62.6 Å². The zero-order valence-electron chi connectivity index (χ0n) is 61.9. The molecule has 0 saturated heterocycles. The van der Waals surface area contributed by atoms with Crippen molar-refractivity contribution in [2.75, 3.05) is 19.6 Å². The van der Waals surface area contributed by atoms with Gasteiger partial charge in [0.2, 0.25) is 65.0 Å². The Labute approximate surface area is 609 Å². The summed E-state index contributed by atoms with van der Waals surface area (Å²) in [6, 6.07) is 5.10. The average molecular weight is 1450 g/mol. The van der Waals surface area contributed by atoms with Gasteiger partial charge in [-0.25, -0.2) is 4.79 Å². The molecule has 32 nitrogen and oxygen atoms in total. The minimum absolute atomic E-state index is 0.0117. The van der Waals surface area contributed by atoms with Gasteiger partial charge in [-0.3, -0.25) is 62.7 Å². The summed E-state index contributed by atoms with van der Waals surface area (Å²) in [5, 5.41) is 37.4. The van der Waals surface area contributed by atoms with Gasteiger partial charge >= 0.3 is 5.97 Å². The predicted molar refractivity (Wildman–Crippen MR) is 396 cm³/mol. The van der Waals surface area contributed by atoms with Crippen molar-refractivity contribution >= 4 is 93.8 Å². The number of H-pyrrole nitrogens is 1. The van der Waals surface area contributed by atoms with Crippen LogP contribution in [0.2, 0.25) is 0 Å². The fourth-order valence-electron chi connectivity index (χ4n) is 12.3. The van der Waals surface area contributed by atoms with Crippen molar-refractivity contribution in [1.82, 2.24) is 58.2 Å². The molecule has 24 N–H and O–H groups in total. The summed E-state index contributed by atoms with van der Waals surface area (Å²) in [4.78, 5) is 179. The number of para-hydroxylation sites is 1. The molecule has 3 aromatic rings. The molecule has 1 saturated carbocycles. The van der Waals surface area contributed by atoms with Crippen LogP contribution in [-0.4, -0.2) is 173 Å². The molecule has 1 fully saturated rings. The topological polar surface area (TPSA) is 542 Å². The average Bonchev–Trinajstić information content (AvgIpc) is 1.03. The third kappa shape index (κ3) is 29.1. The molecule has 104 heavy (non-hydrogen) atoms. The van der Waals surface area contributed by atoms with E-state index in [0.29, 0.717) is 44.1 Å². The van der Waals surface area contributed by atoms with Crippen LogP contribution in [0, 0.1) is 29.6 Å². The molecule has 0 aliphatic heterocycles. The Morgan fingerprint density at radius 3 is 1.54 bits per heavy atom. The Morgan fingerprint density at radius 1 is 0.529 bits per heavy atom. The van der Waals surface area contributed by atoms with Crippen molar-refractivity contribution in [1.29, 1.82) is 0 Å². The van der Waals surface area contributed by atoms with Gasteiger partial charge in [-0.1, -0.05) is 124 Å². The van der Waals surface area contributed by atoms with E-state index in [9.17, 15) is 62.6 Å². The van der Waals surface area contributed by atoms with Gasteiger partial charge in [-0.2, -0.15) is 0 Å². The Bertz CT molecular complexity index is 3430. The molecule has 11 amide bonds. The number of unbranched alkanes of at least 4 members (excludes halogenated alkanes) is 1. The third-order valence-corrected chi connectivity index (χ3v) is 18.3. The molecule has 1 aromatic heterocycles. The van der Waals surface area contributed by atoms with Crippen molar-refractivity contribution in [2.45, 2.75) is 231 Å². The van der Waals surface area contributed by atoms with E-state index in [0.717, 1.165) is 16.5 Å². The van der Waals surface area contributed by atoms with E-state index < -0.39 is 156 Å². The van der Waals surface area contributed by atoms with Gasteiger partial charge in [0.1, 0.15) is 54.4 Å². The quantitative estimate of drug-likeness (QED) is 0.0209. The first-order valence-electron chi connectivity index (χ1n) is 36.0. The molecular formula is C72H115N19O13. The van der Waals surface area contributed by atoms with Gasteiger partial charge in [-0.15, -0.1) is 0 Å². The SMILES string of the molecule is CC[C@H](C)[C@H](NC(=O)[C@H](CCCCN=C(N)N)NC(=O)[C@@H](NC(=O)[C@H](CC(C)C)NC(=O)[C@H](CC(N)=O)NC(=O)[C@H](Cc1c[nH]c2ccccc12)NC(=O)C1(N)CCC(c2ccccc2)CC1)C(C)C)C(=O)NCC(=O)N[C@@H](CC(C)C)C(=O)N[C@@H](CC(C)C)C(=O)N[C@@H](CCCN=C(N)N)C(=O)O. The van der Waals surface area contributed by atoms with Crippen molar-refractivity contribution in [2.24, 2.45) is 74.0 Å². The Balaban J connectivity index is 1.53. The van der Waals surface area contributed by atoms with E-state index >= 15 is 0 Å². The molecule has 0 bridgehead atoms. The molecule has 0 unspecified atom stereocenters. The van der Waals surface area contributed by atoms with Crippen molar-refractivity contribution in [3.05, 3.63) is 71.9 Å². The van der Waals surface area contributed by atoms with Crippen LogP contribution in [-0.2, 0) is 64.0 Å². The van der Waals surface area contributed by atoms with E-state index in [1.54, 1.807) is 75.4 Å². The number of benzene rings is 2. The van der Waals surface area contributed by atoms with E-state index in [2.05, 4.69) is 68.1 Å². The number of nitrogens with zero attached hydrogens (tertiary/aromatic N) is 2. The lowest BCUT2D eigenvalue weighted by atomic mass is 9.74. The maximum Gasteiger partial charge on any atom is 0.326 e. The largest absolute Gasteiger partial charge is 0.480 e. The minimum Gasteiger partial charge on any atom is -0.480 e. The van der Waals surface area contributed by atoms with Crippen LogP contribution in [0.15, 0.2) is 70.8 Å². The number of fused-ring (bicyclic) bond motifs is 1. The molecule has 1 aliphatic carbocycles. The molecular weight excluding hydrogens is 1340 g/mol. The highest BCUT2D eigenvalue weighted by Crippen LogP contribution is 2.37. The predicted octanol–water partition coefficient (Wildman–Crippen LogP) is 0.543. The number of rotatable bonds is 44. The first kappa shape index (κ1) is 86.5. The molecule has 576 valence electrons. The summed E-state index contributed by atoms with van der Waals surface area (Å²) >= 11 is 0. The second kappa shape index (κ2) is 42.6. The van der Waals surface area contributed by atoms with Crippen LogP contribution in [0.25, 0.3) is 10.9 Å². The van der Waals surface area contributed by atoms with E-state index in [1.807, 2.05) is 54.6 Å². The number of carboxylic acids is 1. The van der Waals surface area contributed by atoms with Crippen LogP contribution in [0.5, 0.6) is 0 Å². The molecule has 32 heteroatoms. The lowest BCUT2D eigenvalue weighted by molar-refractivity contribution is -0.142. The van der Waals surface area contributed by atoms with Crippen molar-refractivity contribution in [3.63, 3.8) is 0 Å². The van der Waals surface area contributed by atoms with Gasteiger partial charge in [0, 0.05) is 36.6 Å². The zero-order chi connectivity index (χ0) is 77.5. The first-order valence-corrected chi connectivity index (χ1v) is 36.0. The Kier molecular flexibility index (Phi) is 35.5. The number of hydrogen-bond acceptors (Lipinski definition) is 15. The van der Waals surface area contributed by atoms with E-state index in [-0.39, 0.29) is 100 Å². The van der Waals surface area contributed by atoms with E-state index in [1.165, 1.54) is 0 Å². The smallest absolute Gasteiger partial charge is 0.326 e. The second-order valence-corrected chi connectivity index (χ2v) is 28.8. The number of aliphatic imine (C=N–C) groups is 2. The van der Waals surface area contributed by atoms with Gasteiger partial charge in [0.05, 0.1) is 18.5 Å². The second-order valence-electron chi connectivity index (χ2n) is 28.8. The Morgan fingerprint density at radius 2 is 1.00 bits per heavy atom. The maximum absolute atomic E-state index is 14.7. The number of carbonyl (C=O) groups is 12. The fourth-order valence-corrected chi connectivity index (χ4v) is 12.3. The van der Waals surface area contributed by atoms with Crippen molar-refractivity contribution in [3.8, 4) is 0 Å². The lowest BCUT2D eigenvalue weighted by Crippen LogP contribution is -2.62. The molecule has 1 heterocycles. The van der Waals surface area contributed by atoms with Crippen LogP contribution < -0.4 is 87.6 Å². The highest BCUT2D eigenvalue weighted by molar-refractivity contribution is 6.00. The molecule has 1 aliphatic rings. The normalized spacial score (nSPS) is 17.2. The number of nitrogens with one attached hydrogen (secondary N) is 11. The van der Waals surface area contributed by atoms with Crippen LogP contribution in [0.1, 0.15) is 176 Å². The van der Waals surface area contributed by atoms with Gasteiger partial charge in [0.15, 0.2) is 11.9 Å². The number of guanidine groups is 2. The monoisotopic (exact) mass is 1450 g/mol. The summed E-state index contributed by atoms with van der Waals surface area (Å²) in [5.41, 5.74) is 35.7. The van der Waals surface area contributed by atoms with Crippen LogP contribution in [0.3, 0.4) is 0 Å². The van der Waals surface area contributed by atoms with E-state index in [4.69, 9.17) is 34.4 Å². The zero-order valence-corrected chi connectivity index (χ0v) is 61.9. The number of carboxylic acid groups (broad SMARTS) is 1. The molecule has 10 atom stereocenters. The minimum atomic E-state index is -1.67. The van der Waals surface area contributed by atoms with Gasteiger partial charge in [0.25, 0.3) is 0 Å². The molecule has 2 aromatic carbocycles. The number of aliphatic carboxylic acids is 1. The lowest BCUT2D eigenvalue weighted by Gasteiger charge is -2.37. The number of carbonyl (C=O) groups excluding carboxylic acids is 11. The number of primary amides is 1. The van der Waals surface area contributed by atoms with Gasteiger partial charge in [-0.05, 0) is 130 Å². The molecule has 0 spiro atoms. The number of hydrogen-bond donors (Lipinski definition) is 18.